The Morgan fingerprint density at radius 2 is 2.00 bits per heavy atom. The highest BCUT2D eigenvalue weighted by molar-refractivity contribution is 9.10. The van der Waals surface area contributed by atoms with Gasteiger partial charge in [0.05, 0.1) is 6.54 Å². The van der Waals surface area contributed by atoms with Crippen molar-refractivity contribution in [2.24, 2.45) is 0 Å². The molecule has 1 N–H and O–H groups in total. The minimum atomic E-state index is -1.32. The van der Waals surface area contributed by atoms with Crippen molar-refractivity contribution in [3.63, 3.8) is 0 Å². The number of thiophene rings is 1. The van der Waals surface area contributed by atoms with Gasteiger partial charge in [0, 0.05) is 20.8 Å². The molecule has 0 bridgehead atoms. The van der Waals surface area contributed by atoms with Crippen molar-refractivity contribution >= 4 is 33.1 Å². The number of pyridine rings is 1. The first kappa shape index (κ1) is 12.4. The number of nitrogens with one attached hydrogen (secondary N) is 1. The van der Waals surface area contributed by atoms with Crippen LogP contribution in [-0.4, -0.2) is 4.98 Å². The minimum Gasteiger partial charge on any atom is -0.363 e. The summed E-state index contributed by atoms with van der Waals surface area (Å²) >= 11 is 4.73. The van der Waals surface area contributed by atoms with Gasteiger partial charge in [-0.1, -0.05) is 0 Å². The quantitative estimate of drug-likeness (QED) is 0.866. The molecule has 2 aromatic heterocycles. The smallest absolute Gasteiger partial charge is 0.251 e. The van der Waals surface area contributed by atoms with Gasteiger partial charge in [-0.2, -0.15) is 9.37 Å². The van der Waals surface area contributed by atoms with Crippen LogP contribution in [0.3, 0.4) is 0 Å². The number of aromatic nitrogens is 1. The van der Waals surface area contributed by atoms with E-state index in [2.05, 4.69) is 26.2 Å². The normalized spacial score (nSPS) is 10.6. The van der Waals surface area contributed by atoms with Gasteiger partial charge in [0.25, 0.3) is 5.95 Å². The number of nitrogens with zero attached hydrogens (tertiary/aromatic N) is 1. The van der Waals surface area contributed by atoms with E-state index < -0.39 is 17.6 Å². The molecule has 90 valence electrons. The first-order chi connectivity index (χ1) is 8.06. The van der Waals surface area contributed by atoms with Crippen LogP contribution in [0.15, 0.2) is 22.0 Å². The van der Waals surface area contributed by atoms with Crippen LogP contribution in [0, 0.1) is 17.6 Å². The molecule has 0 amide bonds. The summed E-state index contributed by atoms with van der Waals surface area (Å²) in [6.07, 6.45) is 0. The van der Waals surface area contributed by atoms with Crippen LogP contribution in [-0.2, 0) is 6.54 Å². The zero-order valence-corrected chi connectivity index (χ0v) is 10.7. The second-order valence-electron chi connectivity index (χ2n) is 3.18. The molecule has 7 heteroatoms. The molecule has 2 nitrogen and oxygen atoms in total. The van der Waals surface area contributed by atoms with Crippen LogP contribution in [0.2, 0.25) is 0 Å². The van der Waals surface area contributed by atoms with Gasteiger partial charge in [-0.15, -0.1) is 11.3 Å². The molecule has 17 heavy (non-hydrogen) atoms. The van der Waals surface area contributed by atoms with Crippen LogP contribution in [0.4, 0.5) is 19.0 Å². The predicted molar refractivity (Wildman–Crippen MR) is 63.5 cm³/mol. The highest BCUT2D eigenvalue weighted by Gasteiger charge is 2.11. The van der Waals surface area contributed by atoms with E-state index in [1.54, 1.807) is 0 Å². The largest absolute Gasteiger partial charge is 0.363 e. The summed E-state index contributed by atoms with van der Waals surface area (Å²) < 4.78 is 39.5. The third-order valence-corrected chi connectivity index (χ3v) is 3.64. The second-order valence-corrected chi connectivity index (χ2v) is 5.09. The zero-order valence-electron chi connectivity index (χ0n) is 8.31. The molecule has 0 aliphatic heterocycles. The monoisotopic (exact) mass is 322 g/mol. The summed E-state index contributed by atoms with van der Waals surface area (Å²) in [5.74, 6) is -3.83. The fraction of sp³-hybridized carbons (Fsp3) is 0.100. The summed E-state index contributed by atoms with van der Waals surface area (Å²) in [5, 5.41) is 4.47. The van der Waals surface area contributed by atoms with Gasteiger partial charge >= 0.3 is 0 Å². The molecule has 0 saturated heterocycles. The third kappa shape index (κ3) is 2.98. The molecular weight excluding hydrogens is 317 g/mol. The van der Waals surface area contributed by atoms with Gasteiger partial charge in [-0.25, -0.2) is 8.78 Å². The molecule has 0 atom stereocenters. The van der Waals surface area contributed by atoms with Crippen molar-refractivity contribution in [1.29, 1.82) is 0 Å². The summed E-state index contributed by atoms with van der Waals surface area (Å²) in [5.41, 5.74) is 0. The molecule has 0 aliphatic carbocycles. The van der Waals surface area contributed by atoms with E-state index in [-0.39, 0.29) is 5.82 Å². The predicted octanol–water partition coefficient (Wildman–Crippen LogP) is 3.94. The molecule has 2 rings (SSSR count). The molecule has 0 fully saturated rings. The van der Waals surface area contributed by atoms with E-state index in [4.69, 9.17) is 0 Å². The number of rotatable bonds is 3. The van der Waals surface area contributed by atoms with Crippen LogP contribution in [0.25, 0.3) is 0 Å². The van der Waals surface area contributed by atoms with Crippen molar-refractivity contribution in [1.82, 2.24) is 4.98 Å². The van der Waals surface area contributed by atoms with Crippen LogP contribution in [0.5, 0.6) is 0 Å². The van der Waals surface area contributed by atoms with Gasteiger partial charge in [0.15, 0.2) is 17.5 Å². The second kappa shape index (κ2) is 5.05. The fourth-order valence-corrected chi connectivity index (χ4v) is 2.58. The lowest BCUT2D eigenvalue weighted by atomic mass is 10.4. The van der Waals surface area contributed by atoms with E-state index in [9.17, 15) is 13.2 Å². The Morgan fingerprint density at radius 3 is 2.65 bits per heavy atom. The summed E-state index contributed by atoms with van der Waals surface area (Å²) in [6.45, 7) is 0.297. The van der Waals surface area contributed by atoms with Crippen molar-refractivity contribution in [2.45, 2.75) is 6.54 Å². The fourth-order valence-electron chi connectivity index (χ4n) is 1.19. The summed E-state index contributed by atoms with van der Waals surface area (Å²) in [7, 11) is 0. The molecule has 0 spiro atoms. The van der Waals surface area contributed by atoms with Crippen molar-refractivity contribution < 1.29 is 13.2 Å². The third-order valence-electron chi connectivity index (χ3n) is 1.94. The van der Waals surface area contributed by atoms with Crippen molar-refractivity contribution in [3.05, 3.63) is 44.4 Å². The van der Waals surface area contributed by atoms with E-state index in [1.807, 2.05) is 11.4 Å². The first-order valence-electron chi connectivity index (χ1n) is 4.54. The lowest BCUT2D eigenvalue weighted by Crippen LogP contribution is -2.05. The zero-order chi connectivity index (χ0) is 12.4. The van der Waals surface area contributed by atoms with Crippen molar-refractivity contribution in [3.8, 4) is 0 Å². The van der Waals surface area contributed by atoms with Crippen LogP contribution in [0.1, 0.15) is 4.88 Å². The van der Waals surface area contributed by atoms with Gasteiger partial charge in [-0.05, 0) is 22.0 Å². The van der Waals surface area contributed by atoms with Gasteiger partial charge < -0.3 is 5.32 Å². The SMILES string of the molecule is Fc1cc(F)c(NCc2cc(Br)cs2)nc1F. The number of halogens is 4. The highest BCUT2D eigenvalue weighted by Crippen LogP contribution is 2.21. The molecular formula is C10H6BrF3N2S. The molecule has 0 unspecified atom stereocenters. The Morgan fingerprint density at radius 1 is 1.24 bits per heavy atom. The maximum Gasteiger partial charge on any atom is 0.251 e. The number of anilines is 1. The molecule has 2 aromatic rings. The molecule has 0 saturated carbocycles. The Kier molecular flexibility index (Phi) is 3.68. The summed E-state index contributed by atoms with van der Waals surface area (Å²) in [6, 6.07) is 2.31. The highest BCUT2D eigenvalue weighted by atomic mass is 79.9. The maximum atomic E-state index is 13.2. The average molecular weight is 323 g/mol. The maximum absolute atomic E-state index is 13.2. The van der Waals surface area contributed by atoms with E-state index >= 15 is 0 Å². The lowest BCUT2D eigenvalue weighted by molar-refractivity contribution is 0.466. The molecule has 2 heterocycles. The lowest BCUT2D eigenvalue weighted by Gasteiger charge is -2.05. The topological polar surface area (TPSA) is 24.9 Å². The Hall–Kier alpha value is -1.08. The molecule has 0 aliphatic rings. The van der Waals surface area contributed by atoms with Gasteiger partial charge in [0.1, 0.15) is 0 Å². The number of hydrogen-bond donors (Lipinski definition) is 1. The van der Waals surface area contributed by atoms with Gasteiger partial charge in [0.2, 0.25) is 0 Å². The average Bonchev–Trinajstić information content (AvgIpc) is 2.68. The van der Waals surface area contributed by atoms with Crippen LogP contribution < -0.4 is 5.32 Å². The summed E-state index contributed by atoms with van der Waals surface area (Å²) in [4.78, 5) is 4.08. The van der Waals surface area contributed by atoms with E-state index in [0.717, 1.165) is 9.35 Å². The standard InChI is InChI=1S/C10H6BrF3N2S/c11-5-1-6(17-4-5)3-15-10-8(13)2-7(12)9(14)16-10/h1-2,4H,3H2,(H,15,16). The Bertz CT molecular complexity index is 544. The van der Waals surface area contributed by atoms with Crippen molar-refractivity contribution in [2.75, 3.05) is 5.32 Å². The minimum absolute atomic E-state index is 0.297. The number of hydrogen-bond acceptors (Lipinski definition) is 3. The van der Waals surface area contributed by atoms with Gasteiger partial charge in [-0.3, -0.25) is 0 Å². The first-order valence-corrected chi connectivity index (χ1v) is 6.22. The van der Waals surface area contributed by atoms with E-state index in [0.29, 0.717) is 12.6 Å². The Balaban J connectivity index is 2.11. The molecule has 0 radical (unpaired) electrons. The van der Waals surface area contributed by atoms with E-state index in [1.165, 1.54) is 11.3 Å². The molecule has 0 aromatic carbocycles. The Labute approximate surface area is 108 Å². The van der Waals surface area contributed by atoms with Crippen LogP contribution >= 0.6 is 27.3 Å².